The summed E-state index contributed by atoms with van der Waals surface area (Å²) in [5, 5.41) is 6.55. The molecule has 3 fully saturated rings. The van der Waals surface area contributed by atoms with Gasteiger partial charge in [0.1, 0.15) is 11.5 Å². The molecule has 1 aromatic rings. The van der Waals surface area contributed by atoms with E-state index in [-0.39, 0.29) is 24.0 Å². The lowest BCUT2D eigenvalue weighted by molar-refractivity contribution is -0.151. The van der Waals surface area contributed by atoms with Crippen LogP contribution in [0.4, 0.5) is 13.2 Å². The van der Waals surface area contributed by atoms with Crippen LogP contribution >= 0.6 is 23.2 Å². The molecule has 0 aromatic heterocycles. The summed E-state index contributed by atoms with van der Waals surface area (Å²) in [6.07, 6.45) is 0.536. The zero-order chi connectivity index (χ0) is 29.2. The molecule has 2 N–H and O–H groups in total. The number of aliphatic imine (C=N–C) groups is 1. The zero-order valence-electron chi connectivity index (χ0n) is 22.7. The molecule has 1 atom stereocenters. The SMILES string of the molecule is CC(C)(F)CNC(=O)[C@@H]1N=C(C23CC(N(Cc4ccc(Cl)c(Cl)c4)S(=O)(=O)CCC(C)(F)F)(C2)C3)NC1(C)C. The van der Waals surface area contributed by atoms with Crippen molar-refractivity contribution in [1.29, 1.82) is 0 Å². The number of halogens is 5. The van der Waals surface area contributed by atoms with Crippen LogP contribution in [0.5, 0.6) is 0 Å². The molecule has 1 aliphatic heterocycles. The molecule has 3 aliphatic carbocycles. The van der Waals surface area contributed by atoms with Gasteiger partial charge in [0.2, 0.25) is 21.9 Å². The third-order valence-corrected chi connectivity index (χ3v) is 10.4. The molecule has 0 saturated heterocycles. The quantitative estimate of drug-likeness (QED) is 0.364. The second-order valence-corrected chi connectivity index (χ2v) is 15.4. The summed E-state index contributed by atoms with van der Waals surface area (Å²) in [6, 6.07) is 4.04. The van der Waals surface area contributed by atoms with Crippen molar-refractivity contribution >= 4 is 45.0 Å². The van der Waals surface area contributed by atoms with Crippen molar-refractivity contribution in [2.24, 2.45) is 10.4 Å². The summed E-state index contributed by atoms with van der Waals surface area (Å²) in [6.45, 7) is 6.95. The fourth-order valence-corrected chi connectivity index (χ4v) is 8.07. The highest BCUT2D eigenvalue weighted by Crippen LogP contribution is 2.71. The van der Waals surface area contributed by atoms with Crippen LogP contribution in [0, 0.1) is 5.41 Å². The van der Waals surface area contributed by atoms with Gasteiger partial charge in [-0.05, 0) is 71.6 Å². The van der Waals surface area contributed by atoms with Crippen LogP contribution in [-0.2, 0) is 21.4 Å². The smallest absolute Gasteiger partial charge is 0.247 e. The van der Waals surface area contributed by atoms with Gasteiger partial charge in [-0.15, -0.1) is 0 Å². The number of hydrogen-bond acceptors (Lipinski definition) is 5. The van der Waals surface area contributed by atoms with E-state index >= 15 is 0 Å². The average molecular weight is 612 g/mol. The van der Waals surface area contributed by atoms with E-state index in [4.69, 9.17) is 23.2 Å². The van der Waals surface area contributed by atoms with Crippen molar-refractivity contribution in [3.05, 3.63) is 33.8 Å². The highest BCUT2D eigenvalue weighted by atomic mass is 35.5. The molecular formula is C26H35Cl2F3N4O3S. The highest BCUT2D eigenvalue weighted by molar-refractivity contribution is 7.89. The molecule has 1 aromatic carbocycles. The Bertz CT molecular complexity index is 1270. The van der Waals surface area contributed by atoms with Crippen LogP contribution in [0.2, 0.25) is 10.0 Å². The van der Waals surface area contributed by atoms with Crippen LogP contribution in [0.25, 0.3) is 0 Å². The van der Waals surface area contributed by atoms with Gasteiger partial charge in [0, 0.05) is 23.9 Å². The number of rotatable bonds is 11. The average Bonchev–Trinajstić information content (AvgIpc) is 3.04. The van der Waals surface area contributed by atoms with E-state index in [9.17, 15) is 26.4 Å². The first-order chi connectivity index (χ1) is 17.7. The molecule has 4 aliphatic rings. The number of nitrogens with one attached hydrogen (secondary N) is 2. The minimum Gasteiger partial charge on any atom is -0.366 e. The zero-order valence-corrected chi connectivity index (χ0v) is 25.0. The summed E-state index contributed by atoms with van der Waals surface area (Å²) in [5.41, 5.74) is -2.88. The van der Waals surface area contributed by atoms with Crippen LogP contribution < -0.4 is 10.6 Å². The van der Waals surface area contributed by atoms with E-state index in [1.165, 1.54) is 18.2 Å². The monoisotopic (exact) mass is 610 g/mol. The molecule has 1 heterocycles. The molecule has 5 rings (SSSR count). The number of amidine groups is 1. The van der Waals surface area contributed by atoms with E-state index in [0.717, 1.165) is 0 Å². The van der Waals surface area contributed by atoms with Gasteiger partial charge in [0.25, 0.3) is 0 Å². The first kappa shape index (κ1) is 30.4. The summed E-state index contributed by atoms with van der Waals surface area (Å²) >= 11 is 12.2. The maximum atomic E-state index is 13.9. The number of carbonyl (C=O) groups is 1. The fraction of sp³-hybridized carbons (Fsp3) is 0.692. The van der Waals surface area contributed by atoms with Crippen LogP contribution in [0.15, 0.2) is 23.2 Å². The number of hydrogen-bond donors (Lipinski definition) is 2. The molecule has 1 amide bonds. The Morgan fingerprint density at radius 2 is 1.77 bits per heavy atom. The fourth-order valence-electron chi connectivity index (χ4n) is 5.78. The third kappa shape index (κ3) is 6.21. The van der Waals surface area contributed by atoms with Crippen LogP contribution in [-0.4, -0.2) is 65.5 Å². The number of amides is 1. The van der Waals surface area contributed by atoms with E-state index in [2.05, 4.69) is 15.6 Å². The molecule has 3 saturated carbocycles. The number of sulfonamides is 1. The molecule has 0 unspecified atom stereocenters. The third-order valence-electron chi connectivity index (χ3n) is 7.79. The largest absolute Gasteiger partial charge is 0.366 e. The van der Waals surface area contributed by atoms with Gasteiger partial charge in [0.15, 0.2) is 6.04 Å². The molecule has 2 bridgehead atoms. The minimum atomic E-state index is -4.06. The normalized spacial score (nSPS) is 27.9. The van der Waals surface area contributed by atoms with Crippen molar-refractivity contribution in [3.8, 4) is 0 Å². The molecule has 13 heteroatoms. The maximum absolute atomic E-state index is 13.9. The van der Waals surface area contributed by atoms with Gasteiger partial charge in [-0.25, -0.2) is 21.6 Å². The Hall–Kier alpha value is -1.56. The van der Waals surface area contributed by atoms with E-state index < -0.39 is 56.3 Å². The number of nitrogens with zero attached hydrogens (tertiary/aromatic N) is 2. The topological polar surface area (TPSA) is 90.9 Å². The lowest BCUT2D eigenvalue weighted by Crippen LogP contribution is -2.78. The molecule has 218 valence electrons. The molecule has 7 nitrogen and oxygen atoms in total. The Morgan fingerprint density at radius 1 is 1.15 bits per heavy atom. The van der Waals surface area contributed by atoms with Crippen molar-refractivity contribution in [2.45, 2.75) is 95.6 Å². The summed E-state index contributed by atoms with van der Waals surface area (Å²) in [5.74, 6) is -3.57. The van der Waals surface area contributed by atoms with Crippen molar-refractivity contribution in [3.63, 3.8) is 0 Å². The van der Waals surface area contributed by atoms with Crippen molar-refractivity contribution in [1.82, 2.24) is 14.9 Å². The number of carbonyl (C=O) groups excluding carboxylic acids is 1. The molecular weight excluding hydrogens is 576 g/mol. The lowest BCUT2D eigenvalue weighted by atomic mass is 9.38. The molecule has 39 heavy (non-hydrogen) atoms. The predicted molar refractivity (Wildman–Crippen MR) is 147 cm³/mol. The van der Waals surface area contributed by atoms with Crippen LogP contribution in [0.1, 0.15) is 65.9 Å². The van der Waals surface area contributed by atoms with Gasteiger partial charge in [-0.1, -0.05) is 29.3 Å². The lowest BCUT2D eigenvalue weighted by Gasteiger charge is -2.73. The summed E-state index contributed by atoms with van der Waals surface area (Å²) in [7, 11) is -4.06. The first-order valence-electron chi connectivity index (χ1n) is 12.8. The standard InChI is InChI=1S/C26H35Cl2F3N4O3S/c1-22(2,29)15-32-20(36)19-23(3,4)34-21(33-19)25-12-26(13-25,14-25)35(39(37,38)9-8-24(5,30)31)11-16-6-7-17(27)18(28)10-16/h6-7,10,19H,8-9,11-15H2,1-5H3,(H,32,36)(H,33,34)/t19-,25?,26?/m0/s1. The van der Waals surface area contributed by atoms with E-state index in [0.29, 0.717) is 42.6 Å². The van der Waals surface area contributed by atoms with E-state index in [1.807, 2.05) is 13.8 Å². The van der Waals surface area contributed by atoms with Gasteiger partial charge in [0.05, 0.1) is 27.9 Å². The maximum Gasteiger partial charge on any atom is 0.247 e. The Morgan fingerprint density at radius 3 is 2.31 bits per heavy atom. The van der Waals surface area contributed by atoms with Crippen LogP contribution in [0.3, 0.4) is 0 Å². The highest BCUT2D eigenvalue weighted by Gasteiger charge is 2.75. The Kier molecular flexibility index (Phi) is 7.62. The Balaban J connectivity index is 1.54. The summed E-state index contributed by atoms with van der Waals surface area (Å²) in [4.78, 5) is 17.5. The summed E-state index contributed by atoms with van der Waals surface area (Å²) < 4.78 is 69.3. The minimum absolute atomic E-state index is 0.0277. The van der Waals surface area contributed by atoms with Gasteiger partial charge >= 0.3 is 0 Å². The van der Waals surface area contributed by atoms with Crippen molar-refractivity contribution in [2.75, 3.05) is 12.3 Å². The second kappa shape index (κ2) is 9.77. The Labute approximate surface area is 237 Å². The predicted octanol–water partition coefficient (Wildman–Crippen LogP) is 5.11. The molecule has 0 radical (unpaired) electrons. The van der Waals surface area contributed by atoms with Crippen molar-refractivity contribution < 1.29 is 26.4 Å². The molecule has 0 spiro atoms. The second-order valence-electron chi connectivity index (χ2n) is 12.6. The van der Waals surface area contributed by atoms with Gasteiger partial charge in [-0.2, -0.15) is 4.31 Å². The first-order valence-corrected chi connectivity index (χ1v) is 15.2. The number of alkyl halides is 3. The van der Waals surface area contributed by atoms with E-state index in [1.54, 1.807) is 18.2 Å². The van der Waals surface area contributed by atoms with Gasteiger partial charge < -0.3 is 10.6 Å². The number of benzene rings is 1. The van der Waals surface area contributed by atoms with Gasteiger partial charge in [-0.3, -0.25) is 9.79 Å².